The van der Waals surface area contributed by atoms with Gasteiger partial charge in [0.05, 0.1) is 5.41 Å². The Labute approximate surface area is 229 Å². The fraction of sp³-hybridized carbons (Fsp3) is 0.0811. The van der Waals surface area contributed by atoms with E-state index >= 15 is 0 Å². The minimum Gasteiger partial charge on any atom is -0.319 e. The molecular weight excluding hydrogens is 491 g/mol. The monoisotopic (exact) mass is 518 g/mol. The van der Waals surface area contributed by atoms with E-state index in [1.54, 1.807) is 0 Å². The summed E-state index contributed by atoms with van der Waals surface area (Å²) in [5, 5.41) is 3.43. The molecule has 2 heteroatoms. The van der Waals surface area contributed by atoms with E-state index in [1.807, 2.05) is 25.5 Å². The van der Waals surface area contributed by atoms with Crippen molar-refractivity contribution >= 4 is 23.2 Å². The van der Waals surface area contributed by atoms with Crippen molar-refractivity contribution in [2.45, 2.75) is 5.41 Å². The maximum atomic E-state index is 12.7. The maximum Gasteiger partial charge on any atom is 0.109 e. The quantitative estimate of drug-likeness (QED) is 0.209. The summed E-state index contributed by atoms with van der Waals surface area (Å²) in [4.78, 5) is 0. The van der Waals surface area contributed by atoms with Gasteiger partial charge >= 0.3 is 0 Å². The molecule has 6 aromatic carbocycles. The van der Waals surface area contributed by atoms with Gasteiger partial charge in [0, 0.05) is 5.30 Å². The van der Waals surface area contributed by atoms with E-state index in [0.717, 1.165) is 10.9 Å². The van der Waals surface area contributed by atoms with Crippen molar-refractivity contribution < 1.29 is 4.57 Å². The average Bonchev–Trinajstić information content (AvgIpc) is 3.42. The van der Waals surface area contributed by atoms with Gasteiger partial charge in [0.1, 0.15) is 7.14 Å². The summed E-state index contributed by atoms with van der Waals surface area (Å²) in [7, 11) is -2.32. The zero-order valence-electron chi connectivity index (χ0n) is 22.0. The van der Waals surface area contributed by atoms with Crippen LogP contribution in [0.4, 0.5) is 0 Å². The lowest BCUT2D eigenvalue weighted by atomic mass is 9.70. The number of rotatable bonds is 2. The van der Waals surface area contributed by atoms with E-state index in [4.69, 9.17) is 0 Å². The normalized spacial score (nSPS) is 14.2. The molecular formula is C37H27OP. The van der Waals surface area contributed by atoms with Crippen LogP contribution in [0.5, 0.6) is 0 Å². The Morgan fingerprint density at radius 1 is 0.487 bits per heavy atom. The Morgan fingerprint density at radius 3 is 1.67 bits per heavy atom. The van der Waals surface area contributed by atoms with Crippen LogP contribution in [0.3, 0.4) is 0 Å². The zero-order chi connectivity index (χ0) is 26.4. The largest absolute Gasteiger partial charge is 0.319 e. The smallest absolute Gasteiger partial charge is 0.109 e. The Hall–Kier alpha value is -4.19. The Bertz CT molecular complexity index is 1960. The third-order valence-corrected chi connectivity index (χ3v) is 10.3. The highest BCUT2D eigenvalue weighted by Crippen LogP contribution is 2.64. The molecule has 2 aliphatic rings. The Morgan fingerprint density at radius 2 is 1.03 bits per heavy atom. The standard InChI is InChI=1S/C37H27OP/c1-39(2,38)27-20-18-24(19-21-27)28-14-9-17-34-36(28)31-22-25-10-3-4-11-26(25)23-35(31)37(34)32-15-7-5-12-29(32)30-13-6-8-16-33(30)37/h3-23H,1-2H3. The number of benzene rings is 6. The molecule has 0 N–H and O–H groups in total. The lowest BCUT2D eigenvalue weighted by Gasteiger charge is -2.30. The minimum atomic E-state index is -2.32. The molecule has 0 unspecified atom stereocenters. The molecule has 0 fully saturated rings. The van der Waals surface area contributed by atoms with Crippen LogP contribution < -0.4 is 5.30 Å². The first-order valence-corrected chi connectivity index (χ1v) is 16.1. The van der Waals surface area contributed by atoms with E-state index in [2.05, 4.69) is 115 Å². The first-order chi connectivity index (χ1) is 19.0. The van der Waals surface area contributed by atoms with Crippen molar-refractivity contribution in [2.24, 2.45) is 0 Å². The SMILES string of the molecule is CP(C)(=O)c1ccc(-c2cccc3c2-c2cc4ccccc4cc2C32c3ccccc3-c3ccccc32)cc1. The lowest BCUT2D eigenvalue weighted by molar-refractivity contribution is 0.588. The maximum absolute atomic E-state index is 12.7. The van der Waals surface area contributed by atoms with Crippen LogP contribution >= 0.6 is 7.14 Å². The second-order valence-electron chi connectivity index (χ2n) is 11.2. The van der Waals surface area contributed by atoms with Crippen molar-refractivity contribution in [1.82, 2.24) is 0 Å². The van der Waals surface area contributed by atoms with Crippen molar-refractivity contribution in [3.05, 3.63) is 150 Å². The van der Waals surface area contributed by atoms with E-state index in [0.29, 0.717) is 0 Å². The van der Waals surface area contributed by atoms with E-state index in [-0.39, 0.29) is 5.41 Å². The van der Waals surface area contributed by atoms with E-state index < -0.39 is 7.14 Å². The van der Waals surface area contributed by atoms with Crippen molar-refractivity contribution in [3.8, 4) is 33.4 Å². The van der Waals surface area contributed by atoms with Crippen molar-refractivity contribution in [1.29, 1.82) is 0 Å². The summed E-state index contributed by atoms with van der Waals surface area (Å²) in [6.07, 6.45) is 0. The Kier molecular flexibility index (Phi) is 4.62. The van der Waals surface area contributed by atoms with Crippen LogP contribution in [0.15, 0.2) is 127 Å². The third kappa shape index (κ3) is 3.00. The molecule has 0 saturated heterocycles. The fourth-order valence-electron chi connectivity index (χ4n) is 7.11. The molecule has 0 saturated carbocycles. The van der Waals surface area contributed by atoms with Gasteiger partial charge in [-0.05, 0) is 91.9 Å². The first kappa shape index (κ1) is 22.8. The third-order valence-electron chi connectivity index (χ3n) is 8.78. The van der Waals surface area contributed by atoms with Crippen LogP contribution in [0.25, 0.3) is 44.2 Å². The van der Waals surface area contributed by atoms with Gasteiger partial charge in [0.25, 0.3) is 0 Å². The molecule has 1 spiro atoms. The molecule has 0 amide bonds. The highest BCUT2D eigenvalue weighted by molar-refractivity contribution is 7.70. The second kappa shape index (κ2) is 7.92. The molecule has 2 aliphatic carbocycles. The van der Waals surface area contributed by atoms with Gasteiger partial charge in [-0.3, -0.25) is 0 Å². The van der Waals surface area contributed by atoms with Crippen LogP contribution in [0.1, 0.15) is 22.3 Å². The highest BCUT2D eigenvalue weighted by Gasteiger charge is 2.52. The molecule has 6 aromatic rings. The summed E-state index contributed by atoms with van der Waals surface area (Å²) in [5.74, 6) is 0. The molecule has 39 heavy (non-hydrogen) atoms. The van der Waals surface area contributed by atoms with Crippen LogP contribution in [0, 0.1) is 0 Å². The molecule has 0 aromatic heterocycles. The van der Waals surface area contributed by atoms with Crippen LogP contribution in [-0.2, 0) is 9.98 Å². The van der Waals surface area contributed by atoms with Gasteiger partial charge in [0.2, 0.25) is 0 Å². The van der Waals surface area contributed by atoms with Gasteiger partial charge in [0.15, 0.2) is 0 Å². The summed E-state index contributed by atoms with van der Waals surface area (Å²) >= 11 is 0. The highest BCUT2D eigenvalue weighted by atomic mass is 31.2. The predicted molar refractivity (Wildman–Crippen MR) is 165 cm³/mol. The first-order valence-electron chi connectivity index (χ1n) is 13.5. The van der Waals surface area contributed by atoms with Gasteiger partial charge in [-0.15, -0.1) is 0 Å². The van der Waals surface area contributed by atoms with Gasteiger partial charge in [-0.25, -0.2) is 0 Å². The average molecular weight is 519 g/mol. The van der Waals surface area contributed by atoms with E-state index in [1.165, 1.54) is 60.8 Å². The van der Waals surface area contributed by atoms with E-state index in [9.17, 15) is 4.57 Å². The topological polar surface area (TPSA) is 17.1 Å². The molecule has 0 aliphatic heterocycles. The summed E-state index contributed by atoms with van der Waals surface area (Å²) in [6, 6.07) is 46.6. The summed E-state index contributed by atoms with van der Waals surface area (Å²) in [6.45, 7) is 3.67. The second-order valence-corrected chi connectivity index (χ2v) is 14.4. The zero-order valence-corrected chi connectivity index (χ0v) is 22.9. The van der Waals surface area contributed by atoms with Crippen molar-refractivity contribution in [2.75, 3.05) is 13.3 Å². The van der Waals surface area contributed by atoms with Gasteiger partial charge in [-0.2, -0.15) is 0 Å². The molecule has 0 radical (unpaired) electrons. The minimum absolute atomic E-state index is 0.375. The van der Waals surface area contributed by atoms with Crippen LogP contribution in [0.2, 0.25) is 0 Å². The van der Waals surface area contributed by atoms with Crippen LogP contribution in [-0.4, -0.2) is 13.3 Å². The number of hydrogen-bond acceptors (Lipinski definition) is 1. The van der Waals surface area contributed by atoms with Gasteiger partial charge < -0.3 is 4.57 Å². The molecule has 0 heterocycles. The molecule has 186 valence electrons. The lowest BCUT2D eigenvalue weighted by Crippen LogP contribution is -2.25. The molecule has 0 bridgehead atoms. The van der Waals surface area contributed by atoms with Gasteiger partial charge in [-0.1, -0.05) is 115 Å². The molecule has 0 atom stereocenters. The molecule has 1 nitrogen and oxygen atoms in total. The molecule has 8 rings (SSSR count). The summed E-state index contributed by atoms with van der Waals surface area (Å²) < 4.78 is 12.7. The van der Waals surface area contributed by atoms with Crippen molar-refractivity contribution in [3.63, 3.8) is 0 Å². The number of fused-ring (bicyclic) bond motifs is 11. The predicted octanol–water partition coefficient (Wildman–Crippen LogP) is 9.10. The Balaban J connectivity index is 1.52. The summed E-state index contributed by atoms with van der Waals surface area (Å²) in [5.41, 5.74) is 12.6. The fourth-order valence-corrected chi connectivity index (χ4v) is 7.98. The number of hydrogen-bond donors (Lipinski definition) is 0.